The van der Waals surface area contributed by atoms with E-state index in [1.807, 2.05) is 54.0 Å². The number of carbonyl (C=O) groups excluding carboxylic acids is 1. The van der Waals surface area contributed by atoms with Gasteiger partial charge in [0.15, 0.2) is 10.6 Å². The van der Waals surface area contributed by atoms with Gasteiger partial charge in [-0.25, -0.2) is 0 Å². The number of nitrogens with zero attached hydrogens (tertiary/aromatic N) is 4. The lowest BCUT2D eigenvalue weighted by Gasteiger charge is -2.35. The lowest BCUT2D eigenvalue weighted by molar-refractivity contribution is -0.122. The Kier molecular flexibility index (Phi) is 8.68. The third kappa shape index (κ3) is 6.78. The van der Waals surface area contributed by atoms with E-state index in [-0.39, 0.29) is 11.9 Å². The summed E-state index contributed by atoms with van der Waals surface area (Å²) in [6, 6.07) is 17.9. The van der Waals surface area contributed by atoms with Crippen molar-refractivity contribution in [2.45, 2.75) is 25.9 Å². The molecule has 1 aromatic heterocycles. The minimum atomic E-state index is -0.0602. The molecule has 1 aliphatic rings. The molecule has 186 valence electrons. The number of carbonyl (C=O) groups is 1. The number of benzene rings is 2. The number of H-pyrrole nitrogens is 1. The van der Waals surface area contributed by atoms with Gasteiger partial charge in [-0.3, -0.25) is 19.4 Å². The second-order valence-corrected chi connectivity index (χ2v) is 9.23. The van der Waals surface area contributed by atoms with Crippen molar-refractivity contribution in [2.24, 2.45) is 0 Å². The van der Waals surface area contributed by atoms with Gasteiger partial charge in [0, 0.05) is 51.3 Å². The summed E-state index contributed by atoms with van der Waals surface area (Å²) in [7, 11) is 2.15. The van der Waals surface area contributed by atoms with E-state index in [4.69, 9.17) is 17.0 Å². The molecule has 4 rings (SSSR count). The first kappa shape index (κ1) is 25.1. The van der Waals surface area contributed by atoms with Crippen LogP contribution in [0.25, 0.3) is 11.4 Å². The molecule has 9 heteroatoms. The molecule has 1 atom stereocenters. The second kappa shape index (κ2) is 12.1. The van der Waals surface area contributed by atoms with Gasteiger partial charge in [0.25, 0.3) is 0 Å². The van der Waals surface area contributed by atoms with Crippen molar-refractivity contribution < 1.29 is 9.53 Å². The molecular weight excluding hydrogens is 460 g/mol. The Hall–Kier alpha value is -3.01. The first-order valence-corrected chi connectivity index (χ1v) is 12.6. The number of piperazine rings is 1. The highest BCUT2D eigenvalue weighted by atomic mass is 32.1. The first-order chi connectivity index (χ1) is 17.0. The molecule has 2 heterocycles. The van der Waals surface area contributed by atoms with Crippen molar-refractivity contribution >= 4 is 18.1 Å². The molecule has 8 nitrogen and oxygen atoms in total. The van der Waals surface area contributed by atoms with Crippen LogP contribution in [-0.4, -0.2) is 76.8 Å². The van der Waals surface area contributed by atoms with Gasteiger partial charge in [-0.2, -0.15) is 5.10 Å². The summed E-state index contributed by atoms with van der Waals surface area (Å²) in [6.07, 6.45) is 0.309. The largest absolute Gasteiger partial charge is 0.494 e. The minimum Gasteiger partial charge on any atom is -0.494 e. The first-order valence-electron chi connectivity index (χ1n) is 12.2. The molecule has 1 saturated heterocycles. The third-order valence-electron chi connectivity index (χ3n) is 6.32. The molecule has 0 aliphatic carbocycles. The zero-order valence-electron chi connectivity index (χ0n) is 20.4. The second-order valence-electron chi connectivity index (χ2n) is 8.85. The molecule has 1 aliphatic heterocycles. The average molecular weight is 495 g/mol. The van der Waals surface area contributed by atoms with E-state index in [1.165, 1.54) is 0 Å². The topological polar surface area (TPSA) is 78.4 Å². The number of likely N-dealkylation sites (N-methyl/N-ethyl adjacent to an activating group) is 1. The van der Waals surface area contributed by atoms with Crippen LogP contribution in [0.5, 0.6) is 5.75 Å². The zero-order chi connectivity index (χ0) is 24.6. The average Bonchev–Trinajstić information content (AvgIpc) is 3.25. The van der Waals surface area contributed by atoms with Crippen molar-refractivity contribution in [1.82, 2.24) is 29.9 Å². The van der Waals surface area contributed by atoms with Gasteiger partial charge < -0.3 is 15.0 Å². The third-order valence-corrected chi connectivity index (χ3v) is 6.63. The van der Waals surface area contributed by atoms with Gasteiger partial charge in [0.2, 0.25) is 5.91 Å². The SMILES string of the molecule is CCOc1ccc(-c2n[nH]c(=S)n2CCC(=O)NC(CN2CCN(C)CC2)c2ccccc2)cc1. The van der Waals surface area contributed by atoms with E-state index in [0.29, 0.717) is 30.2 Å². The molecule has 2 N–H and O–H groups in total. The predicted octanol–water partition coefficient (Wildman–Crippen LogP) is 3.50. The van der Waals surface area contributed by atoms with Crippen molar-refractivity contribution in [1.29, 1.82) is 0 Å². The van der Waals surface area contributed by atoms with E-state index < -0.39 is 0 Å². The molecule has 0 bridgehead atoms. The minimum absolute atomic E-state index is 0.00581. The standard InChI is InChI=1S/C26H34N6O2S/c1-3-34-22-11-9-21(10-12-22)25-28-29-26(35)32(25)14-13-24(33)27-23(20-7-5-4-6-8-20)19-31-17-15-30(2)16-18-31/h4-12,23H,3,13-19H2,1-2H3,(H,27,33)(H,29,35). The molecule has 1 unspecified atom stereocenters. The molecule has 2 aromatic carbocycles. The Bertz CT molecular complexity index is 1140. The Balaban J connectivity index is 1.41. The molecular formula is C26H34N6O2S. The maximum atomic E-state index is 13.1. The molecule has 0 saturated carbocycles. The number of aromatic amines is 1. The highest BCUT2D eigenvalue weighted by Crippen LogP contribution is 2.22. The molecule has 1 amide bonds. The Morgan fingerprint density at radius 1 is 1.11 bits per heavy atom. The lowest BCUT2D eigenvalue weighted by atomic mass is 10.1. The van der Waals surface area contributed by atoms with Gasteiger partial charge in [0.05, 0.1) is 12.6 Å². The van der Waals surface area contributed by atoms with Crippen molar-refractivity contribution in [3.63, 3.8) is 0 Å². The van der Waals surface area contributed by atoms with Crippen LogP contribution in [0.1, 0.15) is 24.9 Å². The van der Waals surface area contributed by atoms with E-state index >= 15 is 0 Å². The maximum absolute atomic E-state index is 13.1. The summed E-state index contributed by atoms with van der Waals surface area (Å²) in [5.74, 6) is 1.51. The van der Waals surface area contributed by atoms with Crippen molar-refractivity contribution in [2.75, 3.05) is 46.4 Å². The van der Waals surface area contributed by atoms with Crippen LogP contribution >= 0.6 is 12.2 Å². The number of ether oxygens (including phenoxy) is 1. The Morgan fingerprint density at radius 3 is 2.51 bits per heavy atom. The fourth-order valence-corrected chi connectivity index (χ4v) is 4.52. The fraction of sp³-hybridized carbons (Fsp3) is 0.423. The highest BCUT2D eigenvalue weighted by Gasteiger charge is 2.21. The molecule has 0 spiro atoms. The number of hydrogen-bond donors (Lipinski definition) is 2. The molecule has 3 aromatic rings. The molecule has 1 fully saturated rings. The monoisotopic (exact) mass is 494 g/mol. The van der Waals surface area contributed by atoms with E-state index in [0.717, 1.165) is 49.6 Å². The van der Waals surface area contributed by atoms with Crippen LogP contribution in [0.15, 0.2) is 54.6 Å². The smallest absolute Gasteiger partial charge is 0.222 e. The van der Waals surface area contributed by atoms with Crippen molar-refractivity contribution in [3.8, 4) is 17.1 Å². The molecule has 35 heavy (non-hydrogen) atoms. The van der Waals surface area contributed by atoms with Gasteiger partial charge in [-0.1, -0.05) is 30.3 Å². The summed E-state index contributed by atoms with van der Waals surface area (Å²) < 4.78 is 7.91. The maximum Gasteiger partial charge on any atom is 0.222 e. The number of aromatic nitrogens is 3. The Morgan fingerprint density at radius 2 is 1.83 bits per heavy atom. The number of amides is 1. The summed E-state index contributed by atoms with van der Waals surface area (Å²) in [4.78, 5) is 17.8. The van der Waals surface area contributed by atoms with Crippen LogP contribution < -0.4 is 10.1 Å². The highest BCUT2D eigenvalue weighted by molar-refractivity contribution is 7.71. The van der Waals surface area contributed by atoms with Crippen molar-refractivity contribution in [3.05, 3.63) is 64.9 Å². The summed E-state index contributed by atoms with van der Waals surface area (Å²) in [5, 5.41) is 10.5. The van der Waals surface area contributed by atoms with Gasteiger partial charge >= 0.3 is 0 Å². The lowest BCUT2D eigenvalue weighted by Crippen LogP contribution is -2.47. The number of rotatable bonds is 10. The Labute approximate surface area is 211 Å². The van der Waals surface area contributed by atoms with Crippen LogP contribution in [0.2, 0.25) is 0 Å². The summed E-state index contributed by atoms with van der Waals surface area (Å²) >= 11 is 5.45. The zero-order valence-corrected chi connectivity index (χ0v) is 21.3. The summed E-state index contributed by atoms with van der Waals surface area (Å²) in [5.41, 5.74) is 2.04. The van der Waals surface area contributed by atoms with Crippen LogP contribution in [-0.2, 0) is 11.3 Å². The van der Waals surface area contributed by atoms with E-state index in [2.05, 4.69) is 44.5 Å². The fourth-order valence-electron chi connectivity index (χ4n) is 4.30. The normalized spacial score (nSPS) is 15.6. The van der Waals surface area contributed by atoms with Gasteiger partial charge in [0.1, 0.15) is 5.75 Å². The van der Waals surface area contributed by atoms with E-state index in [1.54, 1.807) is 0 Å². The van der Waals surface area contributed by atoms with Crippen LogP contribution in [0, 0.1) is 4.77 Å². The number of nitrogens with one attached hydrogen (secondary N) is 2. The summed E-state index contributed by atoms with van der Waals surface area (Å²) in [6.45, 7) is 7.91. The van der Waals surface area contributed by atoms with Gasteiger partial charge in [-0.15, -0.1) is 0 Å². The van der Waals surface area contributed by atoms with Gasteiger partial charge in [-0.05, 0) is 56.0 Å². The van der Waals surface area contributed by atoms with Crippen LogP contribution in [0.3, 0.4) is 0 Å². The van der Waals surface area contributed by atoms with Crippen LogP contribution in [0.4, 0.5) is 0 Å². The predicted molar refractivity (Wildman–Crippen MR) is 140 cm³/mol. The van der Waals surface area contributed by atoms with E-state index in [9.17, 15) is 4.79 Å². The molecule has 0 radical (unpaired) electrons. The quantitative estimate of drug-likeness (QED) is 0.420. The number of hydrogen-bond acceptors (Lipinski definition) is 6.